The molecule has 47 heavy (non-hydrogen) atoms. The highest BCUT2D eigenvalue weighted by Crippen LogP contribution is 2.59. The van der Waals surface area contributed by atoms with Gasteiger partial charge in [-0.2, -0.15) is 0 Å². The molecule has 0 radical (unpaired) electrons. The molecule has 0 bridgehead atoms. The van der Waals surface area contributed by atoms with Gasteiger partial charge in [0.15, 0.2) is 0 Å². The van der Waals surface area contributed by atoms with Crippen LogP contribution in [-0.2, 0) is 38.9 Å². The zero-order valence-corrected chi connectivity index (χ0v) is 27.0. The fourth-order valence-electron chi connectivity index (χ4n) is 8.11. The van der Waals surface area contributed by atoms with E-state index in [9.17, 15) is 24.3 Å². The number of benzene rings is 2. The van der Waals surface area contributed by atoms with Gasteiger partial charge in [0, 0.05) is 27.3 Å². The quantitative estimate of drug-likeness (QED) is 0.180. The average molecular weight is 665 g/mol. The number of allylic oxidation sites excluding steroid dienone is 2. The number of hydrogen-bond acceptors (Lipinski definition) is 8. The van der Waals surface area contributed by atoms with Crippen LogP contribution in [-0.4, -0.2) is 38.5 Å². The summed E-state index contributed by atoms with van der Waals surface area (Å²) < 4.78 is 5.97. The summed E-state index contributed by atoms with van der Waals surface area (Å²) in [6.45, 7) is 0.749. The molecule has 6 atom stereocenters. The minimum absolute atomic E-state index is 0.0342. The number of fused-ring (bicyclic) bond motifs is 4. The zero-order chi connectivity index (χ0) is 32.2. The van der Waals surface area contributed by atoms with Crippen LogP contribution in [0.2, 0.25) is 0 Å². The molecule has 4 heterocycles. The number of amides is 4. The van der Waals surface area contributed by atoms with Crippen LogP contribution in [0.1, 0.15) is 39.6 Å². The van der Waals surface area contributed by atoms with E-state index in [1.54, 1.807) is 18.2 Å². The molecule has 8 rings (SSSR count). The Morgan fingerprint density at radius 3 is 2.02 bits per heavy atom. The lowest BCUT2D eigenvalue weighted by Gasteiger charge is -2.44. The van der Waals surface area contributed by atoms with Gasteiger partial charge in [0.2, 0.25) is 23.6 Å². The minimum Gasteiger partial charge on any atom is -0.508 e. The summed E-state index contributed by atoms with van der Waals surface area (Å²) >= 11 is 2.99. The number of phenolic OH excluding ortho intramolecular Hbond substituents is 1. The second-order valence-electron chi connectivity index (χ2n) is 12.7. The molecular weight excluding hydrogens is 633 g/mol. The van der Waals surface area contributed by atoms with E-state index in [-0.39, 0.29) is 42.5 Å². The van der Waals surface area contributed by atoms with Crippen molar-refractivity contribution in [3.05, 3.63) is 116 Å². The number of rotatable bonds is 8. The maximum absolute atomic E-state index is 14.2. The molecule has 4 amide bonds. The van der Waals surface area contributed by atoms with Gasteiger partial charge in [-0.15, -0.1) is 22.7 Å². The number of ether oxygens (including phenoxy) is 1. The van der Waals surface area contributed by atoms with Gasteiger partial charge in [0.25, 0.3) is 0 Å². The van der Waals surface area contributed by atoms with Gasteiger partial charge in [-0.25, -0.2) is 0 Å². The Kier molecular flexibility index (Phi) is 7.57. The fourth-order valence-corrected chi connectivity index (χ4v) is 9.50. The lowest BCUT2D eigenvalue weighted by atomic mass is 9.57. The number of likely N-dealkylation sites (tertiary alicyclic amines) is 2. The van der Waals surface area contributed by atoms with E-state index in [0.717, 1.165) is 20.9 Å². The molecule has 2 aliphatic carbocycles. The number of carbonyl (C=O) groups excluding carboxylic acids is 4. The van der Waals surface area contributed by atoms with Crippen LogP contribution < -0.4 is 4.74 Å². The number of imide groups is 2. The largest absolute Gasteiger partial charge is 0.508 e. The Morgan fingerprint density at radius 2 is 1.38 bits per heavy atom. The van der Waals surface area contributed by atoms with Crippen molar-refractivity contribution in [3.63, 3.8) is 0 Å². The summed E-state index contributed by atoms with van der Waals surface area (Å²) in [7, 11) is 0. The molecule has 10 heteroatoms. The highest BCUT2D eigenvalue weighted by atomic mass is 32.1. The smallest absolute Gasteiger partial charge is 0.234 e. The van der Waals surface area contributed by atoms with E-state index in [1.165, 1.54) is 32.5 Å². The third-order valence-electron chi connectivity index (χ3n) is 10.2. The normalized spacial score (nSPS) is 26.7. The second-order valence-corrected chi connectivity index (χ2v) is 14.8. The van der Waals surface area contributed by atoms with Crippen LogP contribution in [0.25, 0.3) is 0 Å². The van der Waals surface area contributed by atoms with E-state index in [0.29, 0.717) is 30.8 Å². The second kappa shape index (κ2) is 11.9. The van der Waals surface area contributed by atoms with Crippen LogP contribution in [0.15, 0.2) is 95.2 Å². The van der Waals surface area contributed by atoms with Crippen LogP contribution in [0.5, 0.6) is 11.5 Å². The molecule has 2 aliphatic heterocycles. The fraction of sp³-hybridized carbons (Fsp3) is 0.297. The van der Waals surface area contributed by atoms with E-state index in [2.05, 4.69) is 0 Å². The maximum atomic E-state index is 14.2. The Labute approximate surface area is 279 Å². The Hall–Kier alpha value is -4.54. The summed E-state index contributed by atoms with van der Waals surface area (Å²) in [5.74, 6) is -4.03. The van der Waals surface area contributed by atoms with Crippen molar-refractivity contribution in [2.24, 2.45) is 29.6 Å². The summed E-state index contributed by atoms with van der Waals surface area (Å²) in [5.41, 5.74) is 2.37. The minimum atomic E-state index is -0.724. The van der Waals surface area contributed by atoms with Gasteiger partial charge in [-0.3, -0.25) is 29.0 Å². The van der Waals surface area contributed by atoms with E-state index >= 15 is 0 Å². The summed E-state index contributed by atoms with van der Waals surface area (Å²) in [4.78, 5) is 60.5. The van der Waals surface area contributed by atoms with Crippen LogP contribution in [0.4, 0.5) is 0 Å². The molecule has 0 spiro atoms. The predicted octanol–water partition coefficient (Wildman–Crippen LogP) is 6.13. The van der Waals surface area contributed by atoms with Gasteiger partial charge in [-0.1, -0.05) is 60.2 Å². The van der Waals surface area contributed by atoms with E-state index < -0.39 is 35.5 Å². The number of nitrogens with zero attached hydrogens (tertiary/aromatic N) is 2. The Balaban J connectivity index is 1.15. The van der Waals surface area contributed by atoms with Gasteiger partial charge in [0.1, 0.15) is 18.1 Å². The summed E-state index contributed by atoms with van der Waals surface area (Å²) in [6, 6.07) is 22.4. The molecule has 3 fully saturated rings. The summed E-state index contributed by atoms with van der Waals surface area (Å²) in [6.07, 6.45) is 2.69. The molecule has 1 saturated carbocycles. The zero-order valence-electron chi connectivity index (χ0n) is 25.4. The van der Waals surface area contributed by atoms with Crippen molar-refractivity contribution < 1.29 is 29.0 Å². The van der Waals surface area contributed by atoms with E-state index in [1.807, 2.05) is 71.4 Å². The molecular formula is C37H32N2O6S2. The Bertz CT molecular complexity index is 1890. The van der Waals surface area contributed by atoms with Crippen molar-refractivity contribution >= 4 is 46.3 Å². The van der Waals surface area contributed by atoms with Crippen LogP contribution in [0, 0.1) is 29.6 Å². The summed E-state index contributed by atoms with van der Waals surface area (Å²) in [5, 5.41) is 15.3. The van der Waals surface area contributed by atoms with Crippen molar-refractivity contribution in [3.8, 4) is 11.5 Å². The van der Waals surface area contributed by atoms with Crippen molar-refractivity contribution in [1.29, 1.82) is 0 Å². The number of hydrogen-bond donors (Lipinski definition) is 1. The first-order chi connectivity index (χ1) is 22.9. The number of aromatic hydroxyl groups is 1. The number of thiophene rings is 2. The van der Waals surface area contributed by atoms with Crippen LogP contribution >= 0.6 is 22.7 Å². The first-order valence-corrected chi connectivity index (χ1v) is 17.6. The van der Waals surface area contributed by atoms with Crippen molar-refractivity contribution in [2.75, 3.05) is 0 Å². The third kappa shape index (κ3) is 5.10. The third-order valence-corrected chi connectivity index (χ3v) is 11.9. The number of phenols is 1. The average Bonchev–Trinajstić information content (AvgIpc) is 3.88. The number of carbonyl (C=O) groups is 4. The molecule has 2 aromatic heterocycles. The SMILES string of the molecule is O=C1[C@H]2[C@H](CC=C3[C@H]2C[C@H]2C(=O)N(Cc4cccs4)C(=O)[C@H]2[C@H]3c2ccc(OCc3ccccc3)cc2O)C(=O)N1Cc1cccs1. The van der Waals surface area contributed by atoms with Crippen LogP contribution in [0.3, 0.4) is 0 Å². The van der Waals surface area contributed by atoms with Gasteiger partial charge < -0.3 is 9.84 Å². The molecule has 4 aliphatic rings. The standard InChI is InChI=1S/C37H32N2O6S2/c40-30-16-22(45-20-21-6-2-1-3-7-21)10-11-26(30)31-25-12-13-27-32(36(43)38(34(27)41)18-23-8-4-14-46-23)28(25)17-29-33(31)37(44)39(35(29)42)19-24-9-5-15-47-24/h1-12,14-16,27-29,31-33,40H,13,17-20H2/t27-,28+,29+,31+,32-,33+/m0/s1. The lowest BCUT2D eigenvalue weighted by molar-refractivity contribution is -0.142. The molecule has 0 unspecified atom stereocenters. The van der Waals surface area contributed by atoms with Gasteiger partial charge >= 0.3 is 0 Å². The van der Waals surface area contributed by atoms with Crippen molar-refractivity contribution in [1.82, 2.24) is 9.80 Å². The highest BCUT2D eigenvalue weighted by Gasteiger charge is 2.62. The lowest BCUT2D eigenvalue weighted by Crippen LogP contribution is -2.43. The first kappa shape index (κ1) is 29.8. The van der Waals surface area contributed by atoms with Gasteiger partial charge in [-0.05, 0) is 53.3 Å². The monoisotopic (exact) mass is 664 g/mol. The first-order valence-electron chi connectivity index (χ1n) is 15.8. The van der Waals surface area contributed by atoms with E-state index in [4.69, 9.17) is 4.74 Å². The highest BCUT2D eigenvalue weighted by molar-refractivity contribution is 7.10. The van der Waals surface area contributed by atoms with Gasteiger partial charge in [0.05, 0.1) is 36.8 Å². The Morgan fingerprint density at radius 1 is 0.723 bits per heavy atom. The van der Waals surface area contributed by atoms with Crippen molar-refractivity contribution in [2.45, 2.75) is 38.5 Å². The molecule has 1 N–H and O–H groups in total. The molecule has 4 aromatic rings. The maximum Gasteiger partial charge on any atom is 0.234 e. The molecule has 2 saturated heterocycles. The molecule has 8 nitrogen and oxygen atoms in total. The topological polar surface area (TPSA) is 104 Å². The molecule has 2 aromatic carbocycles. The molecule has 238 valence electrons. The predicted molar refractivity (Wildman–Crippen MR) is 176 cm³/mol.